The summed E-state index contributed by atoms with van der Waals surface area (Å²) in [7, 11) is 0. The van der Waals surface area contributed by atoms with E-state index < -0.39 is 0 Å². The van der Waals surface area contributed by atoms with Crippen LogP contribution in [0.3, 0.4) is 0 Å². The van der Waals surface area contributed by atoms with Gasteiger partial charge in [0, 0.05) is 11.4 Å². The molecule has 1 heterocycles. The average molecular weight is 293 g/mol. The number of aromatic nitrogens is 3. The molecular weight excluding hydrogens is 276 g/mol. The zero-order chi connectivity index (χ0) is 14.5. The van der Waals surface area contributed by atoms with Gasteiger partial charge >= 0.3 is 0 Å². The maximum absolute atomic E-state index is 11.9. The highest BCUT2D eigenvalue weighted by Gasteiger charge is 2.11. The Hall–Kier alpha value is -1.88. The summed E-state index contributed by atoms with van der Waals surface area (Å²) in [5.41, 5.74) is 2.10. The second-order valence-electron chi connectivity index (χ2n) is 4.74. The molecule has 0 saturated heterocycles. The molecule has 0 aliphatic heterocycles. The zero-order valence-corrected chi connectivity index (χ0v) is 12.2. The number of aromatic amines is 1. The van der Waals surface area contributed by atoms with Gasteiger partial charge in [-0.15, -0.1) is 0 Å². The van der Waals surface area contributed by atoms with Crippen molar-refractivity contribution in [2.45, 2.75) is 32.7 Å². The summed E-state index contributed by atoms with van der Waals surface area (Å²) in [6.07, 6.45) is 2.50. The number of hydrogen-bond donors (Lipinski definition) is 2. The van der Waals surface area contributed by atoms with Gasteiger partial charge in [0.2, 0.25) is 5.91 Å². The average Bonchev–Trinajstić information content (AvgIpc) is 2.94. The van der Waals surface area contributed by atoms with Crippen molar-refractivity contribution in [1.82, 2.24) is 20.5 Å². The minimum Gasteiger partial charge on any atom is -0.346 e. The van der Waals surface area contributed by atoms with Crippen molar-refractivity contribution >= 4 is 17.5 Å². The number of benzene rings is 1. The quantitative estimate of drug-likeness (QED) is 0.890. The van der Waals surface area contributed by atoms with Crippen molar-refractivity contribution in [3.63, 3.8) is 0 Å². The summed E-state index contributed by atoms with van der Waals surface area (Å²) < 4.78 is 0. The Morgan fingerprint density at radius 2 is 2.30 bits per heavy atom. The van der Waals surface area contributed by atoms with Gasteiger partial charge in [0.05, 0.1) is 6.04 Å². The van der Waals surface area contributed by atoms with Crippen molar-refractivity contribution < 1.29 is 4.79 Å². The fraction of sp³-hybridized carbons (Fsp3) is 0.357. The Morgan fingerprint density at radius 1 is 1.50 bits per heavy atom. The minimum absolute atomic E-state index is 0.0226. The molecule has 1 amide bonds. The van der Waals surface area contributed by atoms with Gasteiger partial charge in [-0.3, -0.25) is 9.89 Å². The zero-order valence-electron chi connectivity index (χ0n) is 11.5. The summed E-state index contributed by atoms with van der Waals surface area (Å²) in [4.78, 5) is 15.9. The lowest BCUT2D eigenvalue weighted by Crippen LogP contribution is -2.27. The molecule has 0 fully saturated rings. The van der Waals surface area contributed by atoms with Gasteiger partial charge in [-0.1, -0.05) is 23.7 Å². The predicted octanol–water partition coefficient (Wildman–Crippen LogP) is 2.58. The van der Waals surface area contributed by atoms with Crippen molar-refractivity contribution in [2.75, 3.05) is 0 Å². The molecule has 2 aromatic rings. The molecule has 0 spiro atoms. The van der Waals surface area contributed by atoms with E-state index in [-0.39, 0.29) is 11.9 Å². The predicted molar refractivity (Wildman–Crippen MR) is 77.5 cm³/mol. The van der Waals surface area contributed by atoms with Gasteiger partial charge in [-0.05, 0) is 37.5 Å². The Morgan fingerprint density at radius 3 is 2.95 bits per heavy atom. The molecule has 1 aromatic heterocycles. The number of halogens is 1. The maximum Gasteiger partial charge on any atom is 0.220 e. The van der Waals surface area contributed by atoms with Crippen LogP contribution in [0, 0.1) is 6.92 Å². The first-order valence-corrected chi connectivity index (χ1v) is 6.83. The van der Waals surface area contributed by atoms with Crippen molar-refractivity contribution in [3.05, 3.63) is 46.5 Å². The summed E-state index contributed by atoms with van der Waals surface area (Å²) in [5.74, 6) is 0.627. The smallest absolute Gasteiger partial charge is 0.220 e. The fourth-order valence-electron chi connectivity index (χ4n) is 1.86. The van der Waals surface area contributed by atoms with Gasteiger partial charge in [0.25, 0.3) is 0 Å². The third kappa shape index (κ3) is 3.81. The molecule has 0 aliphatic rings. The molecule has 5 nitrogen and oxygen atoms in total. The number of carbonyl (C=O) groups excluding carboxylic acids is 1. The molecule has 106 valence electrons. The van der Waals surface area contributed by atoms with Crippen LogP contribution in [-0.2, 0) is 11.2 Å². The summed E-state index contributed by atoms with van der Waals surface area (Å²) in [5, 5.41) is 10.1. The summed E-state index contributed by atoms with van der Waals surface area (Å²) in [6.45, 7) is 3.82. The minimum atomic E-state index is -0.174. The largest absolute Gasteiger partial charge is 0.346 e. The van der Waals surface area contributed by atoms with E-state index in [2.05, 4.69) is 20.5 Å². The van der Waals surface area contributed by atoms with Crippen LogP contribution in [-0.4, -0.2) is 21.1 Å². The number of rotatable bonds is 5. The molecule has 0 aliphatic carbocycles. The first-order chi connectivity index (χ1) is 9.56. The number of H-pyrrole nitrogens is 1. The number of amides is 1. The van der Waals surface area contributed by atoms with Crippen LogP contribution in [0.1, 0.15) is 36.3 Å². The van der Waals surface area contributed by atoms with E-state index in [0.29, 0.717) is 18.7 Å². The van der Waals surface area contributed by atoms with E-state index in [0.717, 1.165) is 16.1 Å². The Kier molecular flexibility index (Phi) is 4.74. The van der Waals surface area contributed by atoms with Crippen LogP contribution in [0.25, 0.3) is 0 Å². The Bertz CT molecular complexity index is 583. The van der Waals surface area contributed by atoms with Crippen molar-refractivity contribution in [1.29, 1.82) is 0 Å². The van der Waals surface area contributed by atoms with E-state index in [1.54, 1.807) is 0 Å². The van der Waals surface area contributed by atoms with Gasteiger partial charge < -0.3 is 5.32 Å². The number of aryl methyl sites for hydroxylation is 2. The van der Waals surface area contributed by atoms with Crippen LogP contribution < -0.4 is 5.32 Å². The molecule has 20 heavy (non-hydrogen) atoms. The topological polar surface area (TPSA) is 70.7 Å². The third-order valence-corrected chi connectivity index (χ3v) is 3.51. The van der Waals surface area contributed by atoms with Crippen molar-refractivity contribution in [3.8, 4) is 0 Å². The second kappa shape index (κ2) is 6.52. The van der Waals surface area contributed by atoms with E-state index in [1.807, 2.05) is 32.0 Å². The van der Waals surface area contributed by atoms with Gasteiger partial charge in [-0.25, -0.2) is 4.98 Å². The van der Waals surface area contributed by atoms with E-state index in [4.69, 9.17) is 11.6 Å². The number of nitrogens with zero attached hydrogens (tertiary/aromatic N) is 2. The normalized spacial score (nSPS) is 12.2. The van der Waals surface area contributed by atoms with Crippen LogP contribution in [0.4, 0.5) is 0 Å². The monoisotopic (exact) mass is 292 g/mol. The molecule has 0 radical (unpaired) electrons. The molecule has 0 saturated carbocycles. The summed E-state index contributed by atoms with van der Waals surface area (Å²) in [6, 6.07) is 5.69. The lowest BCUT2D eigenvalue weighted by Gasteiger charge is -2.11. The highest BCUT2D eigenvalue weighted by atomic mass is 35.5. The highest BCUT2D eigenvalue weighted by molar-refractivity contribution is 6.31. The maximum atomic E-state index is 11.9. The van der Waals surface area contributed by atoms with Crippen molar-refractivity contribution in [2.24, 2.45) is 0 Å². The molecule has 0 bridgehead atoms. The molecular formula is C14H17ClN4O. The van der Waals surface area contributed by atoms with Gasteiger partial charge in [0.15, 0.2) is 0 Å². The number of nitrogens with one attached hydrogen (secondary N) is 2. The molecule has 1 atom stereocenters. The standard InChI is InChI=1S/C14H17ClN4O/c1-9-3-4-11(7-12(9)15)5-6-13(20)18-10(2)14-16-8-17-19-14/h3-4,7-8,10H,5-6H2,1-2H3,(H,18,20)(H,16,17,19). The Labute approximate surface area is 122 Å². The fourth-order valence-corrected chi connectivity index (χ4v) is 2.06. The SMILES string of the molecule is Cc1ccc(CCC(=O)NC(C)c2ncn[nH]2)cc1Cl. The van der Waals surface area contributed by atoms with Crippen LogP contribution in [0.2, 0.25) is 5.02 Å². The van der Waals surface area contributed by atoms with E-state index in [9.17, 15) is 4.79 Å². The first kappa shape index (κ1) is 14.5. The van der Waals surface area contributed by atoms with E-state index in [1.165, 1.54) is 6.33 Å². The van der Waals surface area contributed by atoms with Crippen LogP contribution in [0.5, 0.6) is 0 Å². The number of hydrogen-bond acceptors (Lipinski definition) is 3. The van der Waals surface area contributed by atoms with E-state index >= 15 is 0 Å². The summed E-state index contributed by atoms with van der Waals surface area (Å²) >= 11 is 6.06. The lowest BCUT2D eigenvalue weighted by molar-refractivity contribution is -0.121. The second-order valence-corrected chi connectivity index (χ2v) is 5.15. The van der Waals surface area contributed by atoms with Gasteiger partial charge in [0.1, 0.15) is 12.2 Å². The van der Waals surface area contributed by atoms with Crippen LogP contribution >= 0.6 is 11.6 Å². The molecule has 1 aromatic carbocycles. The lowest BCUT2D eigenvalue weighted by atomic mass is 10.1. The highest BCUT2D eigenvalue weighted by Crippen LogP contribution is 2.17. The Balaban J connectivity index is 1.84. The van der Waals surface area contributed by atoms with Crippen LogP contribution in [0.15, 0.2) is 24.5 Å². The molecule has 2 rings (SSSR count). The number of carbonyl (C=O) groups is 1. The molecule has 1 unspecified atom stereocenters. The molecule has 2 N–H and O–H groups in total. The van der Waals surface area contributed by atoms with Gasteiger partial charge in [-0.2, -0.15) is 5.10 Å². The molecule has 6 heteroatoms. The first-order valence-electron chi connectivity index (χ1n) is 6.46. The third-order valence-electron chi connectivity index (χ3n) is 3.10.